The van der Waals surface area contributed by atoms with Crippen LogP contribution in [0, 0.1) is 6.92 Å². The number of piperazine rings is 1. The molecule has 1 saturated heterocycles. The number of pyridine rings is 2. The van der Waals surface area contributed by atoms with E-state index in [0.717, 1.165) is 35.7 Å². The number of hydrogen-bond donors (Lipinski definition) is 3. The van der Waals surface area contributed by atoms with Crippen LogP contribution in [0.15, 0.2) is 29.3 Å². The monoisotopic (exact) mass is 614 g/mol. The van der Waals surface area contributed by atoms with Gasteiger partial charge in [-0.3, -0.25) is 14.2 Å². The molecule has 43 heavy (non-hydrogen) atoms. The molecule has 1 aliphatic carbocycles. The second-order valence-corrected chi connectivity index (χ2v) is 12.8. The van der Waals surface area contributed by atoms with Gasteiger partial charge in [0.05, 0.1) is 30.7 Å². The summed E-state index contributed by atoms with van der Waals surface area (Å²) >= 11 is 0. The van der Waals surface area contributed by atoms with E-state index in [1.165, 1.54) is 11.2 Å². The van der Waals surface area contributed by atoms with Crippen molar-refractivity contribution in [1.29, 1.82) is 0 Å². The summed E-state index contributed by atoms with van der Waals surface area (Å²) in [5.74, 6) is 0.513. The molecule has 14 nitrogen and oxygen atoms in total. The molecule has 2 aliphatic rings. The Morgan fingerprint density at radius 3 is 2.30 bits per heavy atom. The van der Waals surface area contributed by atoms with Gasteiger partial charge in [-0.1, -0.05) is 12.8 Å². The van der Waals surface area contributed by atoms with Crippen molar-refractivity contribution < 1.29 is 23.4 Å². The van der Waals surface area contributed by atoms with Crippen LogP contribution in [0.5, 0.6) is 0 Å². The van der Waals surface area contributed by atoms with Crippen molar-refractivity contribution in [2.24, 2.45) is 0 Å². The Balaban J connectivity index is 1.32. The molecule has 15 heteroatoms. The number of nitrogens with zero attached hydrogens (tertiary/aromatic N) is 7. The molecule has 0 radical (unpaired) electrons. The van der Waals surface area contributed by atoms with E-state index in [-0.39, 0.29) is 68.3 Å². The summed E-state index contributed by atoms with van der Waals surface area (Å²) in [5.41, 5.74) is 1.79. The Morgan fingerprint density at radius 2 is 1.72 bits per heavy atom. The first-order chi connectivity index (χ1) is 20.6. The molecule has 3 N–H and O–H groups in total. The van der Waals surface area contributed by atoms with Crippen LogP contribution in [-0.2, 0) is 10.2 Å². The number of aromatic nitrogens is 4. The molecule has 232 valence electrons. The molecular weight excluding hydrogens is 576 g/mol. The minimum absolute atomic E-state index is 0.0169. The van der Waals surface area contributed by atoms with Crippen LogP contribution >= 0.6 is 0 Å². The fourth-order valence-corrected chi connectivity index (χ4v) is 7.55. The second kappa shape index (κ2) is 13.0. The predicted octanol–water partition coefficient (Wildman–Crippen LogP) is 1.21. The summed E-state index contributed by atoms with van der Waals surface area (Å²) in [6.07, 6.45) is 7.08. The van der Waals surface area contributed by atoms with Crippen LogP contribution in [-0.4, -0.2) is 105 Å². The van der Waals surface area contributed by atoms with Crippen LogP contribution < -0.4 is 15.8 Å². The first-order valence-electron chi connectivity index (χ1n) is 14.5. The minimum atomic E-state index is -3.79. The van der Waals surface area contributed by atoms with Crippen molar-refractivity contribution in [2.45, 2.75) is 45.6 Å². The highest BCUT2D eigenvalue weighted by Gasteiger charge is 2.32. The number of aryl methyl sites for hydroxylation is 1. The van der Waals surface area contributed by atoms with Gasteiger partial charge in [0, 0.05) is 56.9 Å². The largest absolute Gasteiger partial charge is 0.395 e. The molecule has 5 rings (SSSR count). The predicted molar refractivity (Wildman–Crippen MR) is 162 cm³/mol. The summed E-state index contributed by atoms with van der Waals surface area (Å²) in [6, 6.07) is 3.64. The van der Waals surface area contributed by atoms with Gasteiger partial charge in [0.2, 0.25) is 5.95 Å². The molecule has 0 unspecified atom stereocenters. The van der Waals surface area contributed by atoms with Crippen molar-refractivity contribution in [3.63, 3.8) is 0 Å². The van der Waals surface area contributed by atoms with E-state index in [0.29, 0.717) is 35.5 Å². The summed E-state index contributed by atoms with van der Waals surface area (Å²) in [5, 5.41) is 22.2. The first kappa shape index (κ1) is 30.9. The zero-order chi connectivity index (χ0) is 30.7. The SMILES string of the molecule is CC(=O)c1c(C)c2cnc(Nc3ccc(N4CCN(S(=O)(=O)N(CCO)CCO)CC4)cn3)nc2n(C2CCCC2)c1=O. The molecule has 0 bridgehead atoms. The first-order valence-corrected chi connectivity index (χ1v) is 15.9. The Hall–Kier alpha value is -3.50. The Labute approximate surface area is 250 Å². The number of aliphatic hydroxyl groups is 2. The standard InChI is InChI=1S/C28H38N8O6S/c1-19-23-18-30-28(32-26(23)36(21-5-3-4-6-21)27(40)25(19)20(2)39)31-24-8-7-22(17-29-24)33-9-11-34(12-10-33)43(41,42)35(13-15-37)14-16-38/h7-8,17-18,21,37-38H,3-6,9-16H2,1-2H3,(H,29,30,31,32). The number of fused-ring (bicyclic) bond motifs is 1. The third-order valence-corrected chi connectivity index (χ3v) is 10.2. The van der Waals surface area contributed by atoms with Crippen molar-refractivity contribution >= 4 is 44.5 Å². The van der Waals surface area contributed by atoms with Crippen LogP contribution in [0.3, 0.4) is 0 Å². The number of ketones is 1. The Morgan fingerprint density at radius 1 is 1.05 bits per heavy atom. The third kappa shape index (κ3) is 6.26. The topological polar surface area (TPSA) is 174 Å². The average Bonchev–Trinajstić information content (AvgIpc) is 3.52. The quantitative estimate of drug-likeness (QED) is 0.265. The highest BCUT2D eigenvalue weighted by atomic mass is 32.2. The molecule has 0 amide bonds. The summed E-state index contributed by atoms with van der Waals surface area (Å²) in [7, 11) is -3.79. The van der Waals surface area contributed by atoms with E-state index in [1.807, 2.05) is 11.0 Å². The zero-order valence-corrected chi connectivity index (χ0v) is 25.3. The number of anilines is 3. The van der Waals surface area contributed by atoms with Crippen LogP contribution in [0.1, 0.15) is 54.6 Å². The molecule has 3 aromatic heterocycles. The van der Waals surface area contributed by atoms with Crippen molar-refractivity contribution in [3.05, 3.63) is 46.0 Å². The third-order valence-electron chi connectivity index (χ3n) is 8.19. The van der Waals surface area contributed by atoms with E-state index >= 15 is 0 Å². The smallest absolute Gasteiger partial charge is 0.282 e. The van der Waals surface area contributed by atoms with Gasteiger partial charge in [-0.2, -0.15) is 22.0 Å². The second-order valence-electron chi connectivity index (χ2n) is 10.9. The van der Waals surface area contributed by atoms with Crippen LogP contribution in [0.25, 0.3) is 11.0 Å². The highest BCUT2D eigenvalue weighted by molar-refractivity contribution is 7.86. The molecule has 1 aliphatic heterocycles. The lowest BCUT2D eigenvalue weighted by Gasteiger charge is -2.37. The zero-order valence-electron chi connectivity index (χ0n) is 24.4. The van der Waals surface area contributed by atoms with Crippen molar-refractivity contribution in [2.75, 3.05) is 62.7 Å². The summed E-state index contributed by atoms with van der Waals surface area (Å²) in [4.78, 5) is 41.5. The molecule has 0 atom stereocenters. The lowest BCUT2D eigenvalue weighted by molar-refractivity contribution is 0.101. The fraction of sp³-hybridized carbons (Fsp3) is 0.536. The van der Waals surface area contributed by atoms with Gasteiger partial charge < -0.3 is 20.4 Å². The molecule has 0 spiro atoms. The number of carbonyl (C=O) groups excluding carboxylic acids is 1. The number of rotatable bonds is 11. The maximum atomic E-state index is 13.4. The van der Waals surface area contributed by atoms with E-state index in [2.05, 4.69) is 15.3 Å². The van der Waals surface area contributed by atoms with E-state index in [9.17, 15) is 28.2 Å². The van der Waals surface area contributed by atoms with Gasteiger partial charge in [0.1, 0.15) is 11.5 Å². The number of aliphatic hydroxyl groups excluding tert-OH is 2. The lowest BCUT2D eigenvalue weighted by Crippen LogP contribution is -2.54. The molecule has 1 saturated carbocycles. The van der Waals surface area contributed by atoms with Gasteiger partial charge in [-0.05, 0) is 44.4 Å². The van der Waals surface area contributed by atoms with Crippen molar-refractivity contribution in [1.82, 2.24) is 28.1 Å². The number of hydrogen-bond acceptors (Lipinski definition) is 11. The average molecular weight is 615 g/mol. The molecule has 0 aromatic carbocycles. The normalized spacial score (nSPS) is 16.8. The number of nitrogens with one attached hydrogen (secondary N) is 1. The molecule has 3 aromatic rings. The van der Waals surface area contributed by atoms with Gasteiger partial charge in [0.15, 0.2) is 5.78 Å². The van der Waals surface area contributed by atoms with Gasteiger partial charge in [-0.15, -0.1) is 0 Å². The maximum absolute atomic E-state index is 13.4. The van der Waals surface area contributed by atoms with E-state index in [4.69, 9.17) is 4.98 Å². The van der Waals surface area contributed by atoms with Gasteiger partial charge >= 0.3 is 0 Å². The number of carbonyl (C=O) groups is 1. The van der Waals surface area contributed by atoms with Crippen LogP contribution in [0.4, 0.5) is 17.5 Å². The minimum Gasteiger partial charge on any atom is -0.395 e. The van der Waals surface area contributed by atoms with Crippen molar-refractivity contribution in [3.8, 4) is 0 Å². The molecule has 4 heterocycles. The summed E-state index contributed by atoms with van der Waals surface area (Å²) in [6.45, 7) is 3.80. The Bertz CT molecular complexity index is 1630. The summed E-state index contributed by atoms with van der Waals surface area (Å²) < 4.78 is 30.0. The maximum Gasteiger partial charge on any atom is 0.282 e. The molecular formula is C28H38N8O6S. The molecule has 2 fully saturated rings. The van der Waals surface area contributed by atoms with E-state index in [1.54, 1.807) is 30.0 Å². The van der Waals surface area contributed by atoms with Gasteiger partial charge in [0.25, 0.3) is 15.8 Å². The van der Waals surface area contributed by atoms with E-state index < -0.39 is 10.2 Å². The lowest BCUT2D eigenvalue weighted by atomic mass is 10.0. The fourth-order valence-electron chi connectivity index (χ4n) is 5.98. The Kier molecular flexibility index (Phi) is 9.36. The highest BCUT2D eigenvalue weighted by Crippen LogP contribution is 2.32. The van der Waals surface area contributed by atoms with Gasteiger partial charge in [-0.25, -0.2) is 9.97 Å². The number of Topliss-reactive ketones (excluding diaryl/α,β-unsaturated/α-hetero) is 1. The van der Waals surface area contributed by atoms with Crippen LogP contribution in [0.2, 0.25) is 0 Å².